The minimum absolute atomic E-state index is 0.0204. The molecule has 0 fully saturated rings. The number of carbonyl (C=O) groups excluding carboxylic acids is 1. The molecule has 0 unspecified atom stereocenters. The highest BCUT2D eigenvalue weighted by molar-refractivity contribution is 5.95. The number of benzene rings is 2. The highest BCUT2D eigenvalue weighted by atomic mass is 16.6. The molecule has 172 valence electrons. The average molecular weight is 459 g/mol. The number of nitro benzene ring substituents is 2. The molecule has 1 N–H and O–H groups in total. The smallest absolute Gasteiger partial charge is 0.277 e. The molecule has 0 radical (unpaired) electrons. The Morgan fingerprint density at radius 2 is 1.55 bits per heavy atom. The van der Waals surface area contributed by atoms with E-state index < -0.39 is 27.1 Å². The van der Waals surface area contributed by atoms with Gasteiger partial charge >= 0.3 is 0 Å². The molecule has 0 bridgehead atoms. The number of rotatable bonds is 9. The van der Waals surface area contributed by atoms with E-state index in [1.54, 1.807) is 12.1 Å². The molecule has 2 aromatic carbocycles. The van der Waals surface area contributed by atoms with Gasteiger partial charge in [0, 0.05) is 17.7 Å². The van der Waals surface area contributed by atoms with Crippen LogP contribution in [0.4, 0.5) is 11.4 Å². The second-order valence-electron chi connectivity index (χ2n) is 6.36. The lowest BCUT2D eigenvalue weighted by Gasteiger charge is -2.12. The van der Waals surface area contributed by atoms with Gasteiger partial charge in [0.25, 0.3) is 17.3 Å². The van der Waals surface area contributed by atoms with Gasteiger partial charge in [-0.05, 0) is 12.1 Å². The van der Waals surface area contributed by atoms with Crippen molar-refractivity contribution in [3.05, 3.63) is 62.0 Å². The summed E-state index contributed by atoms with van der Waals surface area (Å²) in [6, 6.07) is 5.83. The first-order valence-electron chi connectivity index (χ1n) is 9.12. The van der Waals surface area contributed by atoms with E-state index in [0.717, 1.165) is 18.2 Å². The van der Waals surface area contributed by atoms with Crippen LogP contribution >= 0.6 is 0 Å². The van der Waals surface area contributed by atoms with Gasteiger partial charge in [0.2, 0.25) is 17.5 Å². The van der Waals surface area contributed by atoms with Crippen LogP contribution < -0.4 is 19.5 Å². The number of nitrogens with zero attached hydrogens (tertiary/aromatic N) is 4. The zero-order valence-corrected chi connectivity index (χ0v) is 17.6. The van der Waals surface area contributed by atoms with E-state index >= 15 is 0 Å². The molecule has 0 saturated carbocycles. The number of hydrogen-bond donors (Lipinski definition) is 1. The average Bonchev–Trinajstić information content (AvgIpc) is 3.30. The maximum absolute atomic E-state index is 12.4. The normalized spacial score (nSPS) is 10.4. The first-order chi connectivity index (χ1) is 15.8. The van der Waals surface area contributed by atoms with Gasteiger partial charge in [0.05, 0.1) is 49.4 Å². The molecule has 3 rings (SSSR count). The van der Waals surface area contributed by atoms with Gasteiger partial charge in [-0.15, -0.1) is 0 Å². The largest absolute Gasteiger partial charge is 0.493 e. The van der Waals surface area contributed by atoms with Crippen molar-refractivity contribution in [1.29, 1.82) is 0 Å². The van der Waals surface area contributed by atoms with Crippen LogP contribution in [0, 0.1) is 20.2 Å². The van der Waals surface area contributed by atoms with Crippen molar-refractivity contribution in [3.63, 3.8) is 0 Å². The molecular formula is C19H17N5O9. The number of amides is 1. The van der Waals surface area contributed by atoms with Crippen LogP contribution in [-0.2, 0) is 6.54 Å². The Hall–Kier alpha value is -4.75. The number of hydrogen-bond acceptors (Lipinski definition) is 11. The summed E-state index contributed by atoms with van der Waals surface area (Å²) in [5, 5.41) is 28.3. The molecule has 0 atom stereocenters. The van der Waals surface area contributed by atoms with Crippen LogP contribution in [0.5, 0.6) is 17.2 Å². The van der Waals surface area contributed by atoms with Crippen molar-refractivity contribution in [2.45, 2.75) is 6.54 Å². The molecule has 1 heterocycles. The molecule has 1 aromatic heterocycles. The Labute approximate surface area is 185 Å². The predicted molar refractivity (Wildman–Crippen MR) is 110 cm³/mol. The van der Waals surface area contributed by atoms with E-state index in [9.17, 15) is 25.0 Å². The van der Waals surface area contributed by atoms with Crippen LogP contribution in [0.1, 0.15) is 16.2 Å². The molecule has 33 heavy (non-hydrogen) atoms. The number of nitro groups is 2. The van der Waals surface area contributed by atoms with Crippen LogP contribution in [0.25, 0.3) is 11.4 Å². The first kappa shape index (κ1) is 22.9. The van der Waals surface area contributed by atoms with Crippen molar-refractivity contribution < 1.29 is 33.4 Å². The lowest BCUT2D eigenvalue weighted by Crippen LogP contribution is -2.23. The number of nitrogens with one attached hydrogen (secondary N) is 1. The third-order valence-electron chi connectivity index (χ3n) is 4.38. The van der Waals surface area contributed by atoms with Crippen LogP contribution in [-0.4, -0.2) is 47.2 Å². The summed E-state index contributed by atoms with van der Waals surface area (Å²) in [5.74, 6) is 0.522. The van der Waals surface area contributed by atoms with E-state index in [1.807, 2.05) is 0 Å². The minimum Gasteiger partial charge on any atom is -0.493 e. The van der Waals surface area contributed by atoms with Crippen molar-refractivity contribution in [3.8, 4) is 28.6 Å². The Kier molecular flexibility index (Phi) is 6.66. The van der Waals surface area contributed by atoms with Gasteiger partial charge in [-0.3, -0.25) is 25.0 Å². The SMILES string of the molecule is COc1cc(-c2noc(CNC(=O)c3cc([N+](=O)[O-])cc([N+](=O)[O-])c3)n2)cc(OC)c1OC. The molecule has 14 nitrogen and oxygen atoms in total. The molecule has 0 aliphatic heterocycles. The summed E-state index contributed by atoms with van der Waals surface area (Å²) in [6.45, 7) is -0.229. The highest BCUT2D eigenvalue weighted by Crippen LogP contribution is 2.40. The molecule has 0 saturated heterocycles. The van der Waals surface area contributed by atoms with Crippen molar-refractivity contribution in [2.24, 2.45) is 0 Å². The topological polar surface area (TPSA) is 182 Å². The van der Waals surface area contributed by atoms with E-state index in [1.165, 1.54) is 21.3 Å². The van der Waals surface area contributed by atoms with E-state index in [-0.39, 0.29) is 23.8 Å². The zero-order chi connectivity index (χ0) is 24.1. The molecule has 3 aromatic rings. The van der Waals surface area contributed by atoms with Gasteiger partial charge in [0.1, 0.15) is 0 Å². The van der Waals surface area contributed by atoms with E-state index in [0.29, 0.717) is 22.8 Å². The third-order valence-corrected chi connectivity index (χ3v) is 4.38. The van der Waals surface area contributed by atoms with Crippen LogP contribution in [0.2, 0.25) is 0 Å². The van der Waals surface area contributed by atoms with Gasteiger partial charge in [-0.1, -0.05) is 5.16 Å². The fraction of sp³-hybridized carbons (Fsp3) is 0.211. The number of aromatic nitrogens is 2. The summed E-state index contributed by atoms with van der Waals surface area (Å²) in [6.07, 6.45) is 0. The molecule has 14 heteroatoms. The maximum Gasteiger partial charge on any atom is 0.277 e. The maximum atomic E-state index is 12.4. The summed E-state index contributed by atoms with van der Waals surface area (Å²) in [5.41, 5.74) is -0.950. The Bertz CT molecular complexity index is 1170. The predicted octanol–water partition coefficient (Wildman–Crippen LogP) is 2.51. The summed E-state index contributed by atoms with van der Waals surface area (Å²) >= 11 is 0. The van der Waals surface area contributed by atoms with Crippen molar-refractivity contribution >= 4 is 17.3 Å². The van der Waals surface area contributed by atoms with Gasteiger partial charge < -0.3 is 24.1 Å². The lowest BCUT2D eigenvalue weighted by atomic mass is 10.1. The number of methoxy groups -OCH3 is 3. The van der Waals surface area contributed by atoms with Gasteiger partial charge in [0.15, 0.2) is 11.5 Å². The van der Waals surface area contributed by atoms with Crippen LogP contribution in [0.15, 0.2) is 34.9 Å². The molecule has 0 spiro atoms. The standard InChI is InChI=1S/C19H17N5O9/c1-30-14-6-10(7-15(31-2)17(14)32-3)18-21-16(33-22-18)9-20-19(25)11-4-12(23(26)27)8-13(5-11)24(28)29/h4-8H,9H2,1-3H3,(H,20,25). The van der Waals surface area contributed by atoms with Gasteiger partial charge in [-0.2, -0.15) is 4.98 Å². The second kappa shape index (κ2) is 9.59. The highest BCUT2D eigenvalue weighted by Gasteiger charge is 2.21. The van der Waals surface area contributed by atoms with Crippen LogP contribution in [0.3, 0.4) is 0 Å². The monoisotopic (exact) mass is 459 g/mol. The lowest BCUT2D eigenvalue weighted by molar-refractivity contribution is -0.394. The minimum atomic E-state index is -0.828. The number of ether oxygens (including phenoxy) is 3. The summed E-state index contributed by atoms with van der Waals surface area (Å²) < 4.78 is 21.0. The molecular weight excluding hydrogens is 442 g/mol. The Morgan fingerprint density at radius 1 is 0.970 bits per heavy atom. The van der Waals surface area contributed by atoms with Crippen molar-refractivity contribution in [2.75, 3.05) is 21.3 Å². The molecule has 0 aliphatic carbocycles. The number of non-ortho nitro benzene ring substituents is 2. The second-order valence-corrected chi connectivity index (χ2v) is 6.36. The molecule has 0 aliphatic rings. The summed E-state index contributed by atoms with van der Waals surface area (Å²) in [7, 11) is 4.37. The van der Waals surface area contributed by atoms with E-state index in [4.69, 9.17) is 18.7 Å². The summed E-state index contributed by atoms with van der Waals surface area (Å²) in [4.78, 5) is 36.9. The fourth-order valence-electron chi connectivity index (χ4n) is 2.85. The van der Waals surface area contributed by atoms with E-state index in [2.05, 4.69) is 15.5 Å². The zero-order valence-electron chi connectivity index (χ0n) is 17.6. The Balaban J connectivity index is 1.79. The molecule has 1 amide bonds. The quantitative estimate of drug-likeness (QED) is 0.366. The fourth-order valence-corrected chi connectivity index (χ4v) is 2.85. The van der Waals surface area contributed by atoms with Crippen molar-refractivity contribution in [1.82, 2.24) is 15.5 Å². The first-order valence-corrected chi connectivity index (χ1v) is 9.12. The number of carbonyl (C=O) groups is 1. The Morgan fingerprint density at radius 3 is 2.03 bits per heavy atom. The van der Waals surface area contributed by atoms with Gasteiger partial charge in [-0.25, -0.2) is 0 Å². The third kappa shape index (κ3) is 4.95.